The lowest BCUT2D eigenvalue weighted by Crippen LogP contribution is -2.35. The minimum Gasteiger partial charge on any atom is -0.385 e. The van der Waals surface area contributed by atoms with Crippen LogP contribution in [-0.2, 0) is 96.0 Å². The van der Waals surface area contributed by atoms with E-state index in [4.69, 9.17) is 38.9 Å². The Morgan fingerprint density at radius 1 is 0.356 bits per heavy atom. The summed E-state index contributed by atoms with van der Waals surface area (Å²) in [6.07, 6.45) is 27.2. The maximum Gasteiger partial charge on any atom is 0.138 e. The molecule has 4 aliphatic rings. The maximum absolute atomic E-state index is 13.7. The number of thiophene rings is 4. The molecule has 0 amide bonds. The summed E-state index contributed by atoms with van der Waals surface area (Å²) in [6, 6.07) is 32.6. The summed E-state index contributed by atoms with van der Waals surface area (Å²) >= 11 is 13.8. The number of rotatable bonds is 38. The van der Waals surface area contributed by atoms with Gasteiger partial charge >= 0.3 is 0 Å². The number of carbonyl (C=O) groups is 4. The van der Waals surface area contributed by atoms with Crippen LogP contribution >= 0.6 is 90.7 Å². The van der Waals surface area contributed by atoms with Gasteiger partial charge in [-0.05, 0) is 242 Å². The first-order valence-electron chi connectivity index (χ1n) is 46.5. The quantitative estimate of drug-likeness (QED) is 0.0264. The summed E-state index contributed by atoms with van der Waals surface area (Å²) in [6.45, 7) is 18.1. The number of ether oxygens (including phenoxy) is 4. The number of benzene rings is 4. The highest BCUT2D eigenvalue weighted by Gasteiger charge is 2.35. The number of halogens is 2. The molecule has 0 aliphatic carbocycles. The number of hydrogen-bond acceptors (Lipinski definition) is 26. The molecule has 4 aromatic carbocycles. The van der Waals surface area contributed by atoms with Gasteiger partial charge in [0.2, 0.25) is 0 Å². The van der Waals surface area contributed by atoms with E-state index in [9.17, 15) is 28.0 Å². The highest BCUT2D eigenvalue weighted by atomic mass is 32.1. The number of hydrogen-bond donors (Lipinski definition) is 4. The molecule has 18 rings (SSSR count). The van der Waals surface area contributed by atoms with Crippen LogP contribution in [0.15, 0.2) is 122 Å². The third kappa shape index (κ3) is 25.0. The van der Waals surface area contributed by atoms with Gasteiger partial charge in [-0.15, -0.1) is 90.7 Å². The van der Waals surface area contributed by atoms with E-state index >= 15 is 0 Å². The smallest absolute Gasteiger partial charge is 0.138 e. The van der Waals surface area contributed by atoms with Gasteiger partial charge in [0.1, 0.15) is 54.8 Å². The number of Topliss-reactive ketones (excluding diaryl/α,β-unsaturated/α-hetero) is 4. The molecule has 6 atom stereocenters. The number of carbonyl (C=O) groups excluding carboxylic acids is 4. The summed E-state index contributed by atoms with van der Waals surface area (Å²) in [7, 11) is 6.86. The Kier molecular flexibility index (Phi) is 35.4. The zero-order chi connectivity index (χ0) is 92.3. The number of pyridine rings is 2. The lowest BCUT2D eigenvalue weighted by Gasteiger charge is -2.26. The van der Waals surface area contributed by atoms with Crippen molar-refractivity contribution in [3.8, 4) is 64.5 Å². The lowest BCUT2D eigenvalue weighted by molar-refractivity contribution is -0.119. The van der Waals surface area contributed by atoms with Crippen molar-refractivity contribution in [1.29, 1.82) is 0 Å². The van der Waals surface area contributed by atoms with E-state index in [2.05, 4.69) is 109 Å². The molecule has 18 nitrogen and oxygen atoms in total. The Morgan fingerprint density at radius 2 is 0.689 bits per heavy atom. The minimum absolute atomic E-state index is 0.257. The number of unbranched alkanes of at least 4 members (excludes halogenated alkanes) is 8. The number of nitrogens with one attached hydrogen (secondary N) is 4. The molecular formula is C104H120F2N10O8S8. The van der Waals surface area contributed by atoms with Crippen LogP contribution in [-0.4, -0.2) is 133 Å². The van der Waals surface area contributed by atoms with Crippen LogP contribution in [0.5, 0.6) is 0 Å². The molecule has 0 spiro atoms. The van der Waals surface area contributed by atoms with Gasteiger partial charge in [0.05, 0.1) is 40.9 Å². The first-order valence-corrected chi connectivity index (χ1v) is 53.0. The first-order chi connectivity index (χ1) is 64.2. The molecule has 14 heterocycles. The van der Waals surface area contributed by atoms with Crippen LogP contribution < -0.4 is 21.3 Å². The summed E-state index contributed by atoms with van der Waals surface area (Å²) in [4.78, 5) is 89.4. The van der Waals surface area contributed by atoms with Gasteiger partial charge in [-0.3, -0.25) is 29.1 Å². The van der Waals surface area contributed by atoms with Gasteiger partial charge in [-0.2, -0.15) is 0 Å². The summed E-state index contributed by atoms with van der Waals surface area (Å²) in [5.74, 6) is 0.656. The molecule has 0 bridgehead atoms. The van der Waals surface area contributed by atoms with Gasteiger partial charge < -0.3 is 40.2 Å². The largest absolute Gasteiger partial charge is 0.385 e. The molecule has 0 saturated carbocycles. The number of fused-ring (bicyclic) bond motifs is 8. The minimum atomic E-state index is -0.271. The average Bonchev–Trinajstić information content (AvgIpc) is 1.62. The van der Waals surface area contributed by atoms with Gasteiger partial charge in [0.25, 0.3) is 0 Å². The summed E-state index contributed by atoms with van der Waals surface area (Å²) < 4.78 is 52.2. The van der Waals surface area contributed by atoms with Gasteiger partial charge in [0.15, 0.2) is 0 Å². The van der Waals surface area contributed by atoms with Crippen molar-refractivity contribution < 1.29 is 46.9 Å². The second-order valence-electron chi connectivity index (χ2n) is 35.1. The van der Waals surface area contributed by atoms with E-state index < -0.39 is 0 Å². The van der Waals surface area contributed by atoms with Crippen molar-refractivity contribution in [2.45, 2.75) is 238 Å². The highest BCUT2D eigenvalue weighted by molar-refractivity contribution is 7.24. The number of methoxy groups -OCH3 is 4. The standard InChI is InChI=1S/2C28H31N3O2S2.2C24H29FN2O2S2/c1-18-27-22(11-14-30-18)26(25(34-27)17-21(32)6-4-3-5-15-33-2)28-31-23-16-20(7-8-24(23)35-28)19-9-12-29-13-10-19;1-18-14-22-26(17-30-18)34-25(16-21(32)6-4-3-5-13-33-2)27(22)28-31-23-15-20(7-8-24(23)35-28)19-9-11-29-12-10-19;2*1-14-11-18-22(24-27-19-12-16(25)8-9-20(19)31-24)21(30-23(18)15(2)26-14)13-17(28)7-5-4-6-10-29-3/h7-10,12-13,16,18,30H,3-6,11,14-15,17H2,1-2H3;7-12,15,18,30H,3-6,13-14,16-17H2,1-2H3;2*8-9,12,14-15,26H,4-7,10-11,13H2,1-3H3/t2*18-;14-,15+;14-,15-/m0111/s1. The fourth-order valence-electron chi connectivity index (χ4n) is 18.2. The molecule has 0 fully saturated rings. The van der Waals surface area contributed by atoms with E-state index in [1.165, 1.54) is 96.3 Å². The van der Waals surface area contributed by atoms with Crippen LogP contribution in [0, 0.1) is 11.6 Å². The fraction of sp³-hybridized carbons (Fsp3) is 0.442. The van der Waals surface area contributed by atoms with E-state index in [0.717, 1.165) is 226 Å². The van der Waals surface area contributed by atoms with Gasteiger partial charge in [-0.1, -0.05) is 37.8 Å². The SMILES string of the molecule is COCCCCCC(=O)Cc1sc2c(c1-c1nc3cc(-c4ccncc4)ccc3s1)CCN[C@H]2C.COCCCCCC(=O)Cc1sc2c(c1-c1nc3cc(-c4ccncc4)ccc3s1)C[C@@H](C)NC2.COCCCCCC(=O)Cc1sc2c(c1-c1nc3cc(F)ccc3s1)C[C@@H](C)N[C@@H]2C.COCCCCCC(=O)Cc1sc2c(c1-c1nc3cc(F)ccc3s1)C[C@@H](C)N[C@H]2C. The first kappa shape index (κ1) is 98.3. The number of nitrogens with zero attached hydrogens (tertiary/aromatic N) is 6. The van der Waals surface area contributed by atoms with Crippen LogP contribution in [0.25, 0.3) is 105 Å². The van der Waals surface area contributed by atoms with Crippen LogP contribution in [0.3, 0.4) is 0 Å². The molecule has 4 N–H and O–H groups in total. The molecule has 696 valence electrons. The van der Waals surface area contributed by atoms with Crippen molar-refractivity contribution in [2.24, 2.45) is 0 Å². The predicted octanol–water partition coefficient (Wildman–Crippen LogP) is 25.2. The molecule has 28 heteroatoms. The molecule has 4 aliphatic heterocycles. The second-order valence-corrected chi connectivity index (χ2v) is 43.9. The Bertz CT molecular complexity index is 6100. The monoisotopic (exact) mass is 1930 g/mol. The third-order valence-electron chi connectivity index (χ3n) is 24.7. The molecule has 132 heavy (non-hydrogen) atoms. The van der Waals surface area contributed by atoms with Crippen molar-refractivity contribution in [1.82, 2.24) is 51.2 Å². The van der Waals surface area contributed by atoms with Crippen molar-refractivity contribution in [3.05, 3.63) is 195 Å². The van der Waals surface area contributed by atoms with E-state index in [1.807, 2.05) is 49.1 Å². The molecule has 14 aromatic rings. The molecule has 10 aromatic heterocycles. The van der Waals surface area contributed by atoms with E-state index in [-0.39, 0.29) is 35.3 Å². The predicted molar refractivity (Wildman–Crippen MR) is 544 cm³/mol. The van der Waals surface area contributed by atoms with Gasteiger partial charge in [-0.25, -0.2) is 28.7 Å². The molecule has 0 saturated heterocycles. The summed E-state index contributed by atoms with van der Waals surface area (Å²) in [5.41, 5.74) is 18.0. The number of thiazole rings is 4. The molecule has 0 radical (unpaired) electrons. The Balaban J connectivity index is 0.000000135. The van der Waals surface area contributed by atoms with Crippen LogP contribution in [0.1, 0.15) is 224 Å². The van der Waals surface area contributed by atoms with E-state index in [1.54, 1.807) is 131 Å². The van der Waals surface area contributed by atoms with Crippen molar-refractivity contribution >= 4 is 155 Å². The highest BCUT2D eigenvalue weighted by Crippen LogP contribution is 2.50. The molecule has 0 unspecified atom stereocenters. The Labute approximate surface area is 805 Å². The summed E-state index contributed by atoms with van der Waals surface area (Å²) in [5, 5.41) is 18.3. The zero-order valence-corrected chi connectivity index (χ0v) is 83.7. The second kappa shape index (κ2) is 47.5. The number of aromatic nitrogens is 6. The van der Waals surface area contributed by atoms with E-state index in [0.29, 0.717) is 98.1 Å². The Hall–Kier alpha value is -8.24. The Morgan fingerprint density at radius 3 is 1.07 bits per heavy atom. The fourth-order valence-corrected chi connectivity index (χ4v) is 28.1. The van der Waals surface area contributed by atoms with Crippen molar-refractivity contribution in [2.75, 3.05) is 61.4 Å². The zero-order valence-electron chi connectivity index (χ0n) is 77.2. The maximum atomic E-state index is 13.7. The van der Waals surface area contributed by atoms with Crippen LogP contribution in [0.4, 0.5) is 8.78 Å². The average molecular weight is 1930 g/mol. The molecular weight excluding hydrogens is 1810 g/mol. The van der Waals surface area contributed by atoms with Gasteiger partial charge in [0, 0.05) is 247 Å². The normalized spacial score (nSPS) is 16.8. The topological polar surface area (TPSA) is 231 Å². The third-order valence-corrected chi connectivity index (χ3v) is 34.4. The van der Waals surface area contributed by atoms with Crippen molar-refractivity contribution in [3.63, 3.8) is 0 Å². The van der Waals surface area contributed by atoms with Crippen LogP contribution in [0.2, 0.25) is 0 Å². The lowest BCUT2D eigenvalue weighted by atomic mass is 9.94. The number of ketones is 4.